The van der Waals surface area contributed by atoms with Crippen molar-refractivity contribution in [1.82, 2.24) is 24.6 Å². The van der Waals surface area contributed by atoms with Crippen molar-refractivity contribution in [1.29, 1.82) is 5.26 Å². The smallest absolute Gasteiger partial charge is 0.153 e. The Morgan fingerprint density at radius 1 is 1.06 bits per heavy atom. The lowest BCUT2D eigenvalue weighted by molar-refractivity contribution is 0.193. The molecule has 180 valence electrons. The van der Waals surface area contributed by atoms with E-state index in [4.69, 9.17) is 16.9 Å². The van der Waals surface area contributed by atoms with Gasteiger partial charge in [-0.1, -0.05) is 17.7 Å². The van der Waals surface area contributed by atoms with E-state index in [0.29, 0.717) is 23.8 Å². The molecule has 2 fully saturated rings. The molecule has 3 aromatic rings. The second-order valence-corrected chi connectivity index (χ2v) is 12.1. The van der Waals surface area contributed by atoms with Gasteiger partial charge in [-0.3, -0.25) is 9.47 Å². The molecule has 3 aliphatic rings. The largest absolute Gasteiger partial charge is 0.357 e. The summed E-state index contributed by atoms with van der Waals surface area (Å²) in [6.07, 6.45) is 1.79. The Labute approximate surface area is 208 Å². The van der Waals surface area contributed by atoms with E-state index in [9.17, 15) is 8.42 Å². The van der Waals surface area contributed by atoms with E-state index < -0.39 is 9.84 Å². The monoisotopic (exact) mass is 509 g/mol. The minimum atomic E-state index is -2.94. The highest BCUT2D eigenvalue weighted by molar-refractivity contribution is 7.92. The molecular formula is C24H24ClN7O2S. The van der Waals surface area contributed by atoms with Gasteiger partial charge in [-0.05, 0) is 48.7 Å². The molecule has 5 heterocycles. The lowest BCUT2D eigenvalue weighted by Crippen LogP contribution is -2.52. The average Bonchev–Trinajstić information content (AvgIpc) is 3.18. The Morgan fingerprint density at radius 3 is 2.60 bits per heavy atom. The maximum absolute atomic E-state index is 11.8. The lowest BCUT2D eigenvalue weighted by Gasteiger charge is -2.35. The van der Waals surface area contributed by atoms with Gasteiger partial charge in [-0.2, -0.15) is 5.26 Å². The molecule has 0 bridgehead atoms. The molecule has 0 spiro atoms. The summed E-state index contributed by atoms with van der Waals surface area (Å²) in [5, 5.41) is 19.0. The summed E-state index contributed by atoms with van der Waals surface area (Å²) >= 11 is 6.35. The first-order valence-corrected chi connectivity index (χ1v) is 13.9. The number of aromatic nitrogens is 4. The number of hydrogen-bond acceptors (Lipinski definition) is 8. The summed E-state index contributed by atoms with van der Waals surface area (Å²) in [5.74, 6) is 3.19. The van der Waals surface area contributed by atoms with Crippen LogP contribution >= 0.6 is 11.6 Å². The van der Waals surface area contributed by atoms with Crippen LogP contribution in [0.25, 0.3) is 5.69 Å². The summed E-state index contributed by atoms with van der Waals surface area (Å²) in [6, 6.07) is 13.5. The predicted molar refractivity (Wildman–Crippen MR) is 131 cm³/mol. The normalized spacial score (nSPS) is 20.4. The summed E-state index contributed by atoms with van der Waals surface area (Å²) < 4.78 is 25.8. The van der Waals surface area contributed by atoms with E-state index in [1.807, 2.05) is 30.3 Å². The number of nitriles is 1. The Kier molecular flexibility index (Phi) is 5.51. The molecule has 11 heteroatoms. The first-order valence-electron chi connectivity index (χ1n) is 11.7. The van der Waals surface area contributed by atoms with Gasteiger partial charge in [0.1, 0.15) is 23.4 Å². The van der Waals surface area contributed by atoms with Crippen molar-refractivity contribution >= 4 is 27.3 Å². The molecule has 0 N–H and O–H groups in total. The summed E-state index contributed by atoms with van der Waals surface area (Å²) in [5.41, 5.74) is 2.49. The summed E-state index contributed by atoms with van der Waals surface area (Å²) in [6.45, 7) is 2.80. The van der Waals surface area contributed by atoms with Crippen LogP contribution in [-0.4, -0.2) is 63.7 Å². The third kappa shape index (κ3) is 4.18. The van der Waals surface area contributed by atoms with Crippen molar-refractivity contribution in [3.63, 3.8) is 0 Å². The first kappa shape index (κ1) is 22.5. The molecular weight excluding hydrogens is 486 g/mol. The van der Waals surface area contributed by atoms with Crippen molar-refractivity contribution in [2.75, 3.05) is 29.5 Å². The highest BCUT2D eigenvalue weighted by Crippen LogP contribution is 2.35. The van der Waals surface area contributed by atoms with Crippen molar-refractivity contribution in [3.05, 3.63) is 64.3 Å². The molecule has 35 heavy (non-hydrogen) atoms. The van der Waals surface area contributed by atoms with Crippen molar-refractivity contribution < 1.29 is 8.42 Å². The Balaban J connectivity index is 1.29. The number of nitrogens with zero attached hydrogens (tertiary/aromatic N) is 7. The van der Waals surface area contributed by atoms with Crippen LogP contribution in [0.15, 0.2) is 36.4 Å². The molecule has 2 saturated heterocycles. The molecule has 0 unspecified atom stereocenters. The third-order valence-corrected chi connectivity index (χ3v) is 9.22. The molecule has 0 amide bonds. The number of pyridine rings is 1. The molecule has 6 rings (SSSR count). The minimum absolute atomic E-state index is 0.0153. The molecule has 0 aliphatic carbocycles. The highest BCUT2D eigenvalue weighted by Gasteiger charge is 2.40. The number of halogens is 1. The fourth-order valence-corrected chi connectivity index (χ4v) is 7.04. The van der Waals surface area contributed by atoms with E-state index in [2.05, 4.69) is 35.6 Å². The number of rotatable bonds is 3. The average molecular weight is 510 g/mol. The van der Waals surface area contributed by atoms with Crippen LogP contribution in [0.3, 0.4) is 0 Å². The standard InChI is InChI=1S/C24H24ClN7O2S/c25-18-4-5-21-17(10-18)12-31(20-14-35(33,34)15-20)13-23-28-29-24(32(21)23)16-6-8-30(9-7-16)22-3-1-2-19(11-26)27-22/h1-5,10,16,20H,6-9,12-15H2. The summed E-state index contributed by atoms with van der Waals surface area (Å²) in [7, 11) is -2.94. The molecule has 0 radical (unpaired) electrons. The van der Waals surface area contributed by atoms with Gasteiger partial charge in [0.15, 0.2) is 15.7 Å². The van der Waals surface area contributed by atoms with Crippen LogP contribution < -0.4 is 4.90 Å². The van der Waals surface area contributed by atoms with Gasteiger partial charge in [0.05, 0.1) is 23.7 Å². The zero-order valence-corrected chi connectivity index (χ0v) is 20.6. The molecule has 1 aromatic carbocycles. The molecule has 3 aliphatic heterocycles. The molecule has 0 atom stereocenters. The Bertz CT molecular complexity index is 1430. The van der Waals surface area contributed by atoms with Gasteiger partial charge in [0.2, 0.25) is 0 Å². The van der Waals surface area contributed by atoms with E-state index in [1.165, 1.54) is 0 Å². The van der Waals surface area contributed by atoms with Gasteiger partial charge in [-0.15, -0.1) is 10.2 Å². The number of sulfone groups is 1. The fraction of sp³-hybridized carbons (Fsp3) is 0.417. The van der Waals surface area contributed by atoms with Crippen molar-refractivity contribution in [3.8, 4) is 11.8 Å². The number of benzene rings is 1. The molecule has 0 saturated carbocycles. The maximum atomic E-state index is 11.8. The number of piperidine rings is 1. The Hall–Kier alpha value is -3.00. The second-order valence-electron chi connectivity index (χ2n) is 9.47. The van der Waals surface area contributed by atoms with Gasteiger partial charge >= 0.3 is 0 Å². The zero-order valence-electron chi connectivity index (χ0n) is 19.0. The van der Waals surface area contributed by atoms with Crippen LogP contribution in [-0.2, 0) is 22.9 Å². The quantitative estimate of drug-likeness (QED) is 0.530. The lowest BCUT2D eigenvalue weighted by atomic mass is 9.95. The van der Waals surface area contributed by atoms with E-state index in [1.54, 1.807) is 6.07 Å². The van der Waals surface area contributed by atoms with E-state index in [-0.39, 0.29) is 23.5 Å². The minimum Gasteiger partial charge on any atom is -0.357 e. The van der Waals surface area contributed by atoms with Crippen LogP contribution in [0, 0.1) is 11.3 Å². The van der Waals surface area contributed by atoms with Crippen molar-refractivity contribution in [2.24, 2.45) is 0 Å². The predicted octanol–water partition coefficient (Wildman–Crippen LogP) is 2.68. The van der Waals surface area contributed by atoms with Gasteiger partial charge in [-0.25, -0.2) is 13.4 Å². The number of fused-ring (bicyclic) bond motifs is 3. The van der Waals surface area contributed by atoms with Gasteiger partial charge in [0, 0.05) is 36.6 Å². The third-order valence-electron chi connectivity index (χ3n) is 7.20. The number of hydrogen-bond donors (Lipinski definition) is 0. The van der Waals surface area contributed by atoms with E-state index >= 15 is 0 Å². The van der Waals surface area contributed by atoms with Crippen LogP contribution in [0.4, 0.5) is 5.82 Å². The van der Waals surface area contributed by atoms with Crippen LogP contribution in [0.5, 0.6) is 0 Å². The fourth-order valence-electron chi connectivity index (χ4n) is 5.35. The van der Waals surface area contributed by atoms with Crippen LogP contribution in [0.1, 0.15) is 41.7 Å². The van der Waals surface area contributed by atoms with Crippen molar-refractivity contribution in [2.45, 2.75) is 37.9 Å². The Morgan fingerprint density at radius 2 is 1.86 bits per heavy atom. The molecule has 9 nitrogen and oxygen atoms in total. The molecule has 2 aromatic heterocycles. The van der Waals surface area contributed by atoms with Gasteiger partial charge in [0.25, 0.3) is 0 Å². The first-order chi connectivity index (χ1) is 16.9. The number of anilines is 1. The van der Waals surface area contributed by atoms with Gasteiger partial charge < -0.3 is 4.90 Å². The van der Waals surface area contributed by atoms with Crippen LogP contribution in [0.2, 0.25) is 5.02 Å². The summed E-state index contributed by atoms with van der Waals surface area (Å²) in [4.78, 5) is 8.84. The second kappa shape index (κ2) is 8.59. The maximum Gasteiger partial charge on any atom is 0.153 e. The SMILES string of the molecule is N#Cc1cccc(N2CCC(c3nnc4n3-c3ccc(Cl)cc3CN(C3CS(=O)(=O)C3)C4)CC2)n1. The van der Waals surface area contributed by atoms with E-state index in [0.717, 1.165) is 54.6 Å². The topological polar surface area (TPSA) is 108 Å². The zero-order chi connectivity index (χ0) is 24.2. The highest BCUT2D eigenvalue weighted by atomic mass is 35.5.